The van der Waals surface area contributed by atoms with Gasteiger partial charge in [-0.25, -0.2) is 4.79 Å². The van der Waals surface area contributed by atoms with Gasteiger partial charge in [-0.2, -0.15) is 5.26 Å². The van der Waals surface area contributed by atoms with Gasteiger partial charge in [-0.05, 0) is 48.5 Å². The first-order chi connectivity index (χ1) is 18.5. The van der Waals surface area contributed by atoms with Crippen LogP contribution in [0, 0.1) is 11.5 Å². The summed E-state index contributed by atoms with van der Waals surface area (Å²) in [6, 6.07) is 13.1. The number of hydrogen-bond acceptors (Lipinski definition) is 12. The van der Waals surface area contributed by atoms with Crippen molar-refractivity contribution in [3.8, 4) is 17.7 Å². The Morgan fingerprint density at radius 1 is 0.816 bits per heavy atom. The van der Waals surface area contributed by atoms with Gasteiger partial charge in [0.15, 0.2) is 0 Å². The molecule has 2 aromatic carbocycles. The van der Waals surface area contributed by atoms with Crippen molar-refractivity contribution in [3.05, 3.63) is 48.5 Å². The molecule has 2 aromatic rings. The first-order valence-electron chi connectivity index (χ1n) is 11.4. The molecule has 0 fully saturated rings. The molecule has 0 aliphatic rings. The van der Waals surface area contributed by atoms with E-state index in [4.69, 9.17) is 35.2 Å². The van der Waals surface area contributed by atoms with Crippen LogP contribution in [0.4, 0.5) is 16.2 Å². The second-order valence-corrected chi connectivity index (χ2v) is 6.81. The lowest BCUT2D eigenvalue weighted by molar-refractivity contribution is 0.164. The van der Waals surface area contributed by atoms with Crippen LogP contribution in [0.25, 0.3) is 0 Å². The maximum atomic E-state index is 11.6. The number of benzene rings is 2. The van der Waals surface area contributed by atoms with Gasteiger partial charge in [0.1, 0.15) is 11.5 Å². The third kappa shape index (κ3) is 16.6. The Balaban J connectivity index is 0.000000612. The molecule has 14 nitrogen and oxygen atoms in total. The fourth-order valence-corrected chi connectivity index (χ4v) is 2.37. The van der Waals surface area contributed by atoms with Gasteiger partial charge >= 0.3 is 6.03 Å². The summed E-state index contributed by atoms with van der Waals surface area (Å²) in [5, 5.41) is 58.9. The molecule has 0 atom stereocenters. The van der Waals surface area contributed by atoms with E-state index in [0.29, 0.717) is 30.2 Å². The van der Waals surface area contributed by atoms with Crippen molar-refractivity contribution in [2.45, 2.75) is 0 Å². The van der Waals surface area contributed by atoms with Gasteiger partial charge in [0.05, 0.1) is 52.0 Å². The second kappa shape index (κ2) is 23.4. The average Bonchev–Trinajstić information content (AvgIpc) is 2.96. The summed E-state index contributed by atoms with van der Waals surface area (Å²) >= 11 is 0. The summed E-state index contributed by atoms with van der Waals surface area (Å²) in [5.41, 5.74) is 1.15. The largest absolute Gasteiger partial charge is 0.497 e. The molecule has 0 bridgehead atoms. The van der Waals surface area contributed by atoms with Crippen molar-refractivity contribution < 1.29 is 34.7 Å². The fraction of sp³-hybridized carbons (Fsp3) is 0.417. The van der Waals surface area contributed by atoms with Gasteiger partial charge in [0.2, 0.25) is 6.19 Å². The molecule has 0 unspecified atom stereocenters. The summed E-state index contributed by atoms with van der Waals surface area (Å²) in [6.45, 7) is 1.26. The summed E-state index contributed by atoms with van der Waals surface area (Å²) in [7, 11) is 3.15. The third-order valence-electron chi connectivity index (χ3n) is 4.19. The number of nitrogens with zero attached hydrogens (tertiary/aromatic N) is 6. The Labute approximate surface area is 221 Å². The smallest absolute Gasteiger partial charge is 0.362 e. The van der Waals surface area contributed by atoms with Crippen LogP contribution in [-0.4, -0.2) is 98.2 Å². The summed E-state index contributed by atoms with van der Waals surface area (Å²) in [6.07, 6.45) is 1.57. The van der Waals surface area contributed by atoms with Crippen molar-refractivity contribution in [2.24, 2.45) is 20.5 Å². The molecule has 0 heterocycles. The zero-order valence-electron chi connectivity index (χ0n) is 21.5. The van der Waals surface area contributed by atoms with E-state index in [1.807, 2.05) is 0 Å². The molecule has 208 valence electrons. The third-order valence-corrected chi connectivity index (χ3v) is 4.19. The number of carbonyl (C=O) groups excluding carboxylic acids is 1. The van der Waals surface area contributed by atoms with Gasteiger partial charge in [-0.3, -0.25) is 0 Å². The van der Waals surface area contributed by atoms with Crippen LogP contribution in [0.15, 0.2) is 69.0 Å². The molecule has 14 heteroatoms. The van der Waals surface area contributed by atoms with E-state index in [0.717, 1.165) is 5.75 Å². The lowest BCUT2D eigenvalue weighted by Gasteiger charge is -2.16. The monoisotopic (exact) mass is 533 g/mol. The van der Waals surface area contributed by atoms with E-state index in [9.17, 15) is 4.79 Å². The first kappa shape index (κ1) is 34.0. The highest BCUT2D eigenvalue weighted by Gasteiger charge is 2.11. The van der Waals surface area contributed by atoms with Crippen molar-refractivity contribution in [3.63, 3.8) is 0 Å². The van der Waals surface area contributed by atoms with Gasteiger partial charge in [0.25, 0.3) is 0 Å². The number of azo groups is 2. The van der Waals surface area contributed by atoms with Crippen molar-refractivity contribution in [1.29, 1.82) is 5.26 Å². The SMILES string of the molecule is COc1ccc(N=NC#N)cc1.COc1ccc(N=NC(=O)N(CCO)CCO)cc1.OCCNCCO. The maximum Gasteiger partial charge on any atom is 0.362 e. The Kier molecular flexibility index (Phi) is 20.9. The lowest BCUT2D eigenvalue weighted by Crippen LogP contribution is -2.33. The minimum atomic E-state index is -0.598. The number of nitrogens with one attached hydrogen (secondary N) is 1. The van der Waals surface area contributed by atoms with Gasteiger partial charge < -0.3 is 40.1 Å². The van der Waals surface area contributed by atoms with E-state index in [1.165, 1.54) is 4.90 Å². The van der Waals surface area contributed by atoms with Crippen LogP contribution in [0.1, 0.15) is 0 Å². The normalized spacial score (nSPS) is 10.1. The van der Waals surface area contributed by atoms with E-state index < -0.39 is 6.03 Å². The van der Waals surface area contributed by atoms with Gasteiger partial charge in [-0.15, -0.1) is 10.2 Å². The number of amides is 2. The zero-order valence-corrected chi connectivity index (χ0v) is 21.5. The highest BCUT2D eigenvalue weighted by Crippen LogP contribution is 2.18. The molecular formula is C24H35N7O7. The van der Waals surface area contributed by atoms with Crippen LogP contribution in [0.3, 0.4) is 0 Å². The predicted octanol–water partition coefficient (Wildman–Crippen LogP) is 2.01. The molecule has 0 aliphatic heterocycles. The average molecular weight is 534 g/mol. The Hall–Kier alpha value is -4.00. The highest BCUT2D eigenvalue weighted by molar-refractivity contribution is 5.74. The highest BCUT2D eigenvalue weighted by atomic mass is 16.5. The van der Waals surface area contributed by atoms with E-state index in [2.05, 4.69) is 25.8 Å². The molecule has 0 saturated carbocycles. The van der Waals surface area contributed by atoms with Crippen LogP contribution < -0.4 is 14.8 Å². The number of carbonyl (C=O) groups is 1. The Morgan fingerprint density at radius 3 is 1.63 bits per heavy atom. The molecular weight excluding hydrogens is 498 g/mol. The molecule has 5 N–H and O–H groups in total. The van der Waals surface area contributed by atoms with E-state index in [1.54, 1.807) is 68.9 Å². The number of aliphatic hydroxyl groups excluding tert-OH is 4. The van der Waals surface area contributed by atoms with E-state index in [-0.39, 0.29) is 39.5 Å². The molecule has 0 spiro atoms. The maximum absolute atomic E-state index is 11.6. The molecule has 38 heavy (non-hydrogen) atoms. The van der Waals surface area contributed by atoms with Gasteiger partial charge in [0, 0.05) is 26.2 Å². The van der Waals surface area contributed by atoms with Crippen LogP contribution in [0.2, 0.25) is 0 Å². The Morgan fingerprint density at radius 2 is 1.26 bits per heavy atom. The summed E-state index contributed by atoms with van der Waals surface area (Å²) in [4.78, 5) is 12.9. The molecule has 2 rings (SSSR count). The predicted molar refractivity (Wildman–Crippen MR) is 139 cm³/mol. The summed E-state index contributed by atoms with van der Waals surface area (Å²) < 4.78 is 9.93. The zero-order chi connectivity index (χ0) is 28.4. The quantitative estimate of drug-likeness (QED) is 0.153. The second-order valence-electron chi connectivity index (χ2n) is 6.81. The van der Waals surface area contributed by atoms with Gasteiger partial charge in [-0.1, -0.05) is 10.2 Å². The number of hydrogen-bond donors (Lipinski definition) is 5. The first-order valence-corrected chi connectivity index (χ1v) is 11.4. The molecule has 0 saturated heterocycles. The molecule has 0 aliphatic carbocycles. The van der Waals surface area contributed by atoms with E-state index >= 15 is 0 Å². The van der Waals surface area contributed by atoms with Crippen molar-refractivity contribution >= 4 is 17.4 Å². The topological polar surface area (TPSA) is 205 Å². The minimum Gasteiger partial charge on any atom is -0.497 e. The number of nitriles is 1. The Bertz CT molecular complexity index is 956. The summed E-state index contributed by atoms with van der Waals surface area (Å²) in [5.74, 6) is 1.44. The number of rotatable bonds is 12. The van der Waals surface area contributed by atoms with Crippen LogP contribution >= 0.6 is 0 Å². The molecule has 0 radical (unpaired) electrons. The molecule has 0 aromatic heterocycles. The van der Waals surface area contributed by atoms with Crippen molar-refractivity contribution in [2.75, 3.05) is 66.8 Å². The number of urea groups is 1. The van der Waals surface area contributed by atoms with Crippen LogP contribution in [0.5, 0.6) is 11.5 Å². The number of aliphatic hydroxyl groups is 4. The standard InChI is InChI=1S/C12H17N3O4.C8H7N3O.C4H11NO2/c1-19-11-4-2-10(3-5-11)13-14-12(18)15(6-8-16)7-9-17;1-12-8-4-2-7(3-5-8)11-10-6-9;6-3-1-5-2-4-7/h2-5,16-17H,6-9H2,1H3;2-5H,1H3;5-7H,1-4H2. The lowest BCUT2D eigenvalue weighted by atomic mass is 10.3. The fourth-order valence-electron chi connectivity index (χ4n) is 2.37. The van der Waals surface area contributed by atoms with Crippen LogP contribution in [-0.2, 0) is 0 Å². The number of methoxy groups -OCH3 is 2. The molecule has 2 amide bonds. The minimum absolute atomic E-state index is 0.112. The number of ether oxygens (including phenoxy) is 2. The van der Waals surface area contributed by atoms with Crippen molar-refractivity contribution in [1.82, 2.24) is 10.2 Å².